The topological polar surface area (TPSA) is 105 Å². The minimum Gasteiger partial charge on any atom is -0.481 e. The minimum absolute atomic E-state index is 0.0533. The molecule has 0 bridgehead atoms. The first kappa shape index (κ1) is 19.4. The molecule has 28 heavy (non-hydrogen) atoms. The Morgan fingerprint density at radius 1 is 1.07 bits per heavy atom. The number of aromatic nitrogens is 3. The molecule has 0 radical (unpaired) electrons. The third-order valence-electron chi connectivity index (χ3n) is 4.50. The second-order valence-corrected chi connectivity index (χ2v) is 6.54. The first-order chi connectivity index (χ1) is 13.6. The summed E-state index contributed by atoms with van der Waals surface area (Å²) in [6.45, 7) is 0.0533. The second-order valence-electron chi connectivity index (χ2n) is 6.54. The molecule has 3 rings (SSSR count). The van der Waals surface area contributed by atoms with Gasteiger partial charge in [-0.25, -0.2) is 9.97 Å². The van der Waals surface area contributed by atoms with Crippen molar-refractivity contribution < 1.29 is 14.7 Å². The Hall–Kier alpha value is -3.35. The van der Waals surface area contributed by atoms with E-state index in [-0.39, 0.29) is 12.5 Å². The number of hydrogen-bond acceptors (Lipinski definition) is 5. The fourth-order valence-corrected chi connectivity index (χ4v) is 2.96. The summed E-state index contributed by atoms with van der Waals surface area (Å²) in [5, 5.41) is 13.1. The van der Waals surface area contributed by atoms with Crippen LogP contribution in [0.5, 0.6) is 0 Å². The van der Waals surface area contributed by atoms with Gasteiger partial charge in [0.2, 0.25) is 5.91 Å². The van der Waals surface area contributed by atoms with Gasteiger partial charge in [-0.15, -0.1) is 0 Å². The summed E-state index contributed by atoms with van der Waals surface area (Å²) in [7, 11) is 0. The second kappa shape index (κ2) is 9.55. The molecular formula is C21H22N4O3. The van der Waals surface area contributed by atoms with E-state index in [0.717, 1.165) is 29.6 Å². The van der Waals surface area contributed by atoms with Crippen LogP contribution in [0.1, 0.15) is 36.4 Å². The molecule has 0 saturated heterocycles. The molecule has 0 aliphatic heterocycles. The van der Waals surface area contributed by atoms with Crippen LogP contribution in [0.4, 0.5) is 0 Å². The van der Waals surface area contributed by atoms with Crippen LogP contribution in [0, 0.1) is 0 Å². The molecule has 2 N–H and O–H groups in total. The Kier molecular flexibility index (Phi) is 6.62. The van der Waals surface area contributed by atoms with Gasteiger partial charge >= 0.3 is 5.97 Å². The van der Waals surface area contributed by atoms with Crippen molar-refractivity contribution >= 4 is 22.9 Å². The van der Waals surface area contributed by atoms with Crippen LogP contribution < -0.4 is 5.32 Å². The van der Waals surface area contributed by atoms with Gasteiger partial charge in [-0.1, -0.05) is 6.07 Å². The number of carboxylic acids is 1. The van der Waals surface area contributed by atoms with Crippen LogP contribution in [0.15, 0.2) is 55.0 Å². The number of unbranched alkanes of at least 4 members (excludes halogenated alkanes) is 1. The Balaban J connectivity index is 1.42. The van der Waals surface area contributed by atoms with Gasteiger partial charge in [0.05, 0.1) is 0 Å². The molecule has 1 amide bonds. The molecule has 1 unspecified atom stereocenters. The summed E-state index contributed by atoms with van der Waals surface area (Å²) < 4.78 is 0. The van der Waals surface area contributed by atoms with E-state index in [9.17, 15) is 14.7 Å². The normalized spacial score (nSPS) is 11.9. The van der Waals surface area contributed by atoms with Crippen LogP contribution in [-0.2, 0) is 16.0 Å². The number of nitrogens with zero attached hydrogens (tertiary/aromatic N) is 3. The van der Waals surface area contributed by atoms with E-state index in [4.69, 9.17) is 0 Å². The van der Waals surface area contributed by atoms with E-state index >= 15 is 0 Å². The molecule has 0 aromatic carbocycles. The van der Waals surface area contributed by atoms with Crippen molar-refractivity contribution in [3.8, 4) is 0 Å². The SMILES string of the molecule is O=C(CCCCc1ccc2cccnc2n1)NCC(C(=O)O)c1cccnc1. The average Bonchev–Trinajstić information content (AvgIpc) is 2.72. The Bertz CT molecular complexity index is 947. The molecule has 144 valence electrons. The zero-order chi connectivity index (χ0) is 19.8. The lowest BCUT2D eigenvalue weighted by atomic mass is 10.0. The highest BCUT2D eigenvalue weighted by atomic mass is 16.4. The molecular weight excluding hydrogens is 356 g/mol. The number of pyridine rings is 3. The predicted octanol–water partition coefficient (Wildman–Crippen LogP) is 2.72. The third kappa shape index (κ3) is 5.33. The summed E-state index contributed by atoms with van der Waals surface area (Å²) in [5.74, 6) is -1.93. The first-order valence-corrected chi connectivity index (χ1v) is 9.23. The highest BCUT2D eigenvalue weighted by molar-refractivity contribution is 5.79. The number of carboxylic acid groups (broad SMARTS) is 1. The zero-order valence-electron chi connectivity index (χ0n) is 15.4. The van der Waals surface area contributed by atoms with Crippen LogP contribution >= 0.6 is 0 Å². The quantitative estimate of drug-likeness (QED) is 0.555. The predicted molar refractivity (Wildman–Crippen MR) is 105 cm³/mol. The Morgan fingerprint density at radius 3 is 2.71 bits per heavy atom. The maximum atomic E-state index is 12.0. The molecule has 0 fully saturated rings. The largest absolute Gasteiger partial charge is 0.481 e. The Labute approximate surface area is 162 Å². The van der Waals surface area contributed by atoms with Crippen molar-refractivity contribution in [1.82, 2.24) is 20.3 Å². The summed E-state index contributed by atoms with van der Waals surface area (Å²) in [5.41, 5.74) is 2.26. The summed E-state index contributed by atoms with van der Waals surface area (Å²) in [6.07, 6.45) is 7.47. The van der Waals surface area contributed by atoms with Crippen molar-refractivity contribution in [3.63, 3.8) is 0 Å². The number of aryl methyl sites for hydroxylation is 1. The summed E-state index contributed by atoms with van der Waals surface area (Å²) in [6, 6.07) is 11.2. The van der Waals surface area contributed by atoms with E-state index < -0.39 is 11.9 Å². The maximum Gasteiger partial charge on any atom is 0.312 e. The molecule has 0 aliphatic rings. The van der Waals surface area contributed by atoms with E-state index in [1.807, 2.05) is 24.3 Å². The maximum absolute atomic E-state index is 12.0. The summed E-state index contributed by atoms with van der Waals surface area (Å²) in [4.78, 5) is 36.2. The number of amides is 1. The first-order valence-electron chi connectivity index (χ1n) is 9.23. The van der Waals surface area contributed by atoms with Gasteiger partial charge in [-0.2, -0.15) is 0 Å². The van der Waals surface area contributed by atoms with Crippen LogP contribution in [0.2, 0.25) is 0 Å². The van der Waals surface area contributed by atoms with Gasteiger partial charge in [-0.3, -0.25) is 14.6 Å². The smallest absolute Gasteiger partial charge is 0.312 e. The summed E-state index contributed by atoms with van der Waals surface area (Å²) >= 11 is 0. The Morgan fingerprint density at radius 2 is 1.93 bits per heavy atom. The van der Waals surface area contributed by atoms with E-state index in [0.29, 0.717) is 18.4 Å². The minimum atomic E-state index is -0.982. The molecule has 7 nitrogen and oxygen atoms in total. The van der Waals surface area contributed by atoms with Crippen molar-refractivity contribution in [2.75, 3.05) is 6.54 Å². The van der Waals surface area contributed by atoms with Crippen LogP contribution in [0.25, 0.3) is 11.0 Å². The number of fused-ring (bicyclic) bond motifs is 1. The number of aliphatic carboxylic acids is 1. The van der Waals surface area contributed by atoms with E-state index in [1.54, 1.807) is 24.5 Å². The number of carbonyl (C=O) groups excluding carboxylic acids is 1. The van der Waals surface area contributed by atoms with Crippen molar-refractivity contribution in [2.45, 2.75) is 31.6 Å². The molecule has 7 heteroatoms. The molecule has 3 aromatic rings. The fraction of sp³-hybridized carbons (Fsp3) is 0.286. The van der Waals surface area contributed by atoms with E-state index in [2.05, 4.69) is 20.3 Å². The number of rotatable bonds is 9. The van der Waals surface area contributed by atoms with Crippen molar-refractivity contribution in [3.05, 3.63) is 66.2 Å². The monoisotopic (exact) mass is 378 g/mol. The molecule has 3 heterocycles. The third-order valence-corrected chi connectivity index (χ3v) is 4.50. The standard InChI is InChI=1S/C21H22N4O3/c26-19(24-14-18(21(27)28)16-6-3-11-22-13-16)8-2-1-7-17-10-9-15-5-4-12-23-20(15)25-17/h3-6,9-13,18H,1-2,7-8,14H2,(H,24,26)(H,27,28). The molecule has 0 saturated carbocycles. The lowest BCUT2D eigenvalue weighted by Crippen LogP contribution is -2.31. The van der Waals surface area contributed by atoms with Crippen LogP contribution in [-0.4, -0.2) is 38.5 Å². The number of carbonyl (C=O) groups is 2. The van der Waals surface area contributed by atoms with Gasteiger partial charge in [0, 0.05) is 42.6 Å². The molecule has 1 atom stereocenters. The average molecular weight is 378 g/mol. The number of nitrogens with one attached hydrogen (secondary N) is 1. The molecule has 3 aromatic heterocycles. The lowest BCUT2D eigenvalue weighted by molar-refractivity contribution is -0.138. The van der Waals surface area contributed by atoms with Crippen LogP contribution in [0.3, 0.4) is 0 Å². The number of hydrogen-bond donors (Lipinski definition) is 2. The van der Waals surface area contributed by atoms with E-state index in [1.165, 1.54) is 6.20 Å². The van der Waals surface area contributed by atoms with Gasteiger partial charge in [-0.05, 0) is 55.2 Å². The van der Waals surface area contributed by atoms with Crippen molar-refractivity contribution in [1.29, 1.82) is 0 Å². The fourth-order valence-electron chi connectivity index (χ4n) is 2.96. The zero-order valence-corrected chi connectivity index (χ0v) is 15.4. The van der Waals surface area contributed by atoms with Gasteiger partial charge in [0.15, 0.2) is 5.65 Å². The molecule has 0 spiro atoms. The highest BCUT2D eigenvalue weighted by Crippen LogP contribution is 2.14. The van der Waals surface area contributed by atoms with Crippen molar-refractivity contribution in [2.24, 2.45) is 0 Å². The van der Waals surface area contributed by atoms with Gasteiger partial charge < -0.3 is 10.4 Å². The van der Waals surface area contributed by atoms with Gasteiger partial charge in [0.1, 0.15) is 5.92 Å². The molecule has 0 aliphatic carbocycles. The highest BCUT2D eigenvalue weighted by Gasteiger charge is 2.20. The van der Waals surface area contributed by atoms with Gasteiger partial charge in [0.25, 0.3) is 0 Å². The lowest BCUT2D eigenvalue weighted by Gasteiger charge is -2.13.